The number of hydrogen-bond donors (Lipinski definition) is 2. The minimum atomic E-state index is -4.42. The Kier molecular flexibility index (Phi) is 46.9. The molecule has 7 aromatic heterocycles. The van der Waals surface area contributed by atoms with Crippen molar-refractivity contribution in [1.29, 1.82) is 0 Å². The number of ketones is 1. The molecule has 590 valence electrons. The summed E-state index contributed by atoms with van der Waals surface area (Å²) in [4.78, 5) is 48.9. The van der Waals surface area contributed by atoms with Crippen LogP contribution in [-0.4, -0.2) is 66.0 Å². The molecule has 8 aromatic carbocycles. The summed E-state index contributed by atoms with van der Waals surface area (Å²) in [5, 5.41) is 16.7. The van der Waals surface area contributed by atoms with E-state index >= 15 is 0 Å². The molecule has 0 atom stereocenters. The predicted molar refractivity (Wildman–Crippen MR) is 417 cm³/mol. The Labute approximate surface area is 740 Å². The number of rotatable bonds is 10. The minimum Gasteiger partial charge on any atom is -0.512 e. The van der Waals surface area contributed by atoms with Crippen molar-refractivity contribution in [2.75, 3.05) is 0 Å². The van der Waals surface area contributed by atoms with Gasteiger partial charge >= 0.3 is 12.1 Å². The number of aromatic nitrogens is 9. The Morgan fingerprint density at radius 3 is 1.17 bits per heavy atom. The zero-order valence-corrected chi connectivity index (χ0v) is 76.3. The molecule has 0 spiro atoms. The maximum absolute atomic E-state index is 12.6. The van der Waals surface area contributed by atoms with Crippen molar-refractivity contribution in [2.24, 2.45) is 7.05 Å². The van der Waals surface area contributed by atoms with Gasteiger partial charge in [0, 0.05) is 189 Å². The van der Waals surface area contributed by atoms with Crippen LogP contribution in [0.25, 0.3) is 84.6 Å². The van der Waals surface area contributed by atoms with Gasteiger partial charge in [0.15, 0.2) is 5.78 Å². The molecule has 0 unspecified atom stereocenters. The van der Waals surface area contributed by atoms with E-state index in [2.05, 4.69) is 133 Å². The number of alkyl halides is 3. The zero-order valence-electron chi connectivity index (χ0n) is 62.0. The Balaban J connectivity index is 0.000000442. The van der Waals surface area contributed by atoms with Crippen molar-refractivity contribution in [3.8, 4) is 84.6 Å². The third-order valence-corrected chi connectivity index (χ3v) is 14.9. The quantitative estimate of drug-likeness (QED) is 0.0757. The van der Waals surface area contributed by atoms with Crippen molar-refractivity contribution in [3.05, 3.63) is 398 Å². The third kappa shape index (κ3) is 33.9. The topological polar surface area (TPSA) is 175 Å². The normalized spacial score (nSPS) is 9.81. The van der Waals surface area contributed by atoms with Crippen molar-refractivity contribution in [3.63, 3.8) is 0 Å². The van der Waals surface area contributed by atoms with Crippen molar-refractivity contribution in [1.82, 2.24) is 44.0 Å². The molecule has 13 nitrogen and oxygen atoms in total. The molecule has 0 saturated carbocycles. The number of imidazole rings is 2. The molecule has 0 bridgehead atoms. The van der Waals surface area contributed by atoms with Crippen LogP contribution in [0.3, 0.4) is 0 Å². The smallest absolute Gasteiger partial charge is 0.432 e. The van der Waals surface area contributed by atoms with Crippen molar-refractivity contribution >= 4 is 11.8 Å². The monoisotopic (exact) mass is 2570 g/mol. The summed E-state index contributed by atoms with van der Waals surface area (Å²) in [5.41, 5.74) is 16.1. The molecule has 113 heavy (non-hydrogen) atoms. The molecule has 15 rings (SSSR count). The number of halogens is 3. The molecule has 0 aliphatic heterocycles. The van der Waals surface area contributed by atoms with Crippen LogP contribution < -0.4 is 0 Å². The first-order valence-electron chi connectivity index (χ1n) is 33.6. The van der Waals surface area contributed by atoms with Crippen LogP contribution in [0.4, 0.5) is 13.2 Å². The van der Waals surface area contributed by atoms with Gasteiger partial charge in [0.1, 0.15) is 11.4 Å². The molecule has 0 amide bonds. The number of aliphatic hydroxyl groups is 1. The van der Waals surface area contributed by atoms with E-state index in [4.69, 9.17) is 10.2 Å². The van der Waals surface area contributed by atoms with E-state index in [0.717, 1.165) is 62.6 Å². The number of carbonyl (C=O) groups excluding carboxylic acids is 1. The maximum Gasteiger partial charge on any atom is 0.432 e. The van der Waals surface area contributed by atoms with Gasteiger partial charge in [0.05, 0.1) is 17.4 Å². The number of carboxylic acid groups (broad SMARTS) is 1. The zero-order chi connectivity index (χ0) is 76.2. The summed E-state index contributed by atoms with van der Waals surface area (Å²) < 4.78 is 41.9. The molecule has 6 radical (unpaired) electrons. The molecule has 0 aliphatic rings. The molecular formula is C91H76F3Ir6N9O4-6. The van der Waals surface area contributed by atoms with E-state index in [-0.39, 0.29) is 144 Å². The average Bonchev–Trinajstić information content (AvgIpc) is 1.73. The van der Waals surface area contributed by atoms with E-state index in [9.17, 15) is 22.8 Å². The molecule has 22 heteroatoms. The molecule has 7 heterocycles. The van der Waals surface area contributed by atoms with Gasteiger partial charge in [-0.1, -0.05) is 102 Å². The number of carboxylic acids is 1. The number of aryl methyl sites for hydroxylation is 5. The van der Waals surface area contributed by atoms with Gasteiger partial charge in [-0.15, -0.1) is 215 Å². The maximum atomic E-state index is 12.6. The first-order valence-corrected chi connectivity index (χ1v) is 33.6. The second-order valence-corrected chi connectivity index (χ2v) is 23.4. The number of benzene rings is 8. The fourth-order valence-electron chi connectivity index (χ4n) is 10.3. The van der Waals surface area contributed by atoms with E-state index in [0.29, 0.717) is 11.1 Å². The average molecular weight is 2570 g/mol. The predicted octanol–water partition coefficient (Wildman–Crippen LogP) is 21.1. The SMILES string of the molecule is CC(=O)C=C(C)O.Cc1cc(-c2[c-]cccc2)nc(C(F)(F)F)c1.Cc1cc(C)c(-n2ccnc2-c2[c-]cccc2)c(C)c1.Cn1ccnc1-c1[c-]cccc1.O=C(O)c1ccccn1.[Ir].[Ir].[Ir].[Ir].[Ir].[Ir].[c-]1ccc(-c2ccccc2)cc1-c1ccccn1.[c-]1ccccc1-c1ccccn1.[c-]1ccccc1-c1ccccn1. The first kappa shape index (κ1) is 99.4. The van der Waals surface area contributed by atoms with Crippen LogP contribution in [0, 0.1) is 64.1 Å². The molecule has 0 aliphatic carbocycles. The minimum absolute atomic E-state index is 0. The van der Waals surface area contributed by atoms with Crippen LogP contribution in [0.15, 0.2) is 328 Å². The first-order chi connectivity index (χ1) is 51.8. The standard InChI is InChI=1S/C18H17N2.C17H12N.C13H9F3N.2C11H8N.C10H9N2.C6H5NO2.C5H8O2.6Ir/c1-13-11-14(2)17(15(3)12-13)20-10-9-19-18(20)16-7-5-4-6-8-16;1-2-7-14(8-3-1)15-9-6-10-16(13-15)17-11-4-5-12-18-17;1-9-7-11(10-5-3-2-4-6-10)17-12(8-9)13(14,15)16;2*1-2-6-10(7-3-1)11-8-4-5-9-12-11;1-12-8-7-11-10(12)9-5-3-2-4-6-9;8-6(9)5-3-1-2-4-7-5;1-4(6)3-5(2)7;;;;;;/h4-7,9-12H,1-3H3;1-9,11-13H;2-5,7-8H,1H3;2*1-6,8-9H;2-5,7-8H,1H3;1-4H,(H,8,9);3,6H,1-2H3;;;;;;/q6*-1;;;;;;;;. The van der Waals surface area contributed by atoms with E-state index < -0.39 is 17.8 Å². The number of carbonyl (C=O) groups is 2. The number of hydrogen-bond acceptors (Lipinski definition) is 10. The Hall–Kier alpha value is -9.70. The summed E-state index contributed by atoms with van der Waals surface area (Å²) in [7, 11) is 1.98. The van der Waals surface area contributed by atoms with Gasteiger partial charge in [-0.05, 0) is 117 Å². The molecule has 0 fully saturated rings. The van der Waals surface area contributed by atoms with Crippen LogP contribution in [0.5, 0.6) is 0 Å². The van der Waals surface area contributed by atoms with Crippen molar-refractivity contribution in [2.45, 2.75) is 47.7 Å². The Morgan fingerprint density at radius 2 is 0.788 bits per heavy atom. The van der Waals surface area contributed by atoms with Crippen LogP contribution in [-0.2, 0) is 139 Å². The molecule has 15 aromatic rings. The van der Waals surface area contributed by atoms with E-state index in [1.807, 2.05) is 206 Å². The van der Waals surface area contributed by atoms with Gasteiger partial charge in [-0.3, -0.25) is 19.7 Å². The van der Waals surface area contributed by atoms with Gasteiger partial charge < -0.3 is 34.3 Å². The number of aliphatic hydroxyl groups excluding tert-OH is 1. The van der Waals surface area contributed by atoms with Gasteiger partial charge in [-0.25, -0.2) is 9.78 Å². The fraction of sp³-hybridized carbons (Fsp3) is 0.0879. The van der Waals surface area contributed by atoms with Crippen LogP contribution >= 0.6 is 0 Å². The summed E-state index contributed by atoms with van der Waals surface area (Å²) in [6.07, 6.45) is 11.1. The number of aromatic carboxylic acids is 1. The summed E-state index contributed by atoms with van der Waals surface area (Å²) in [6.45, 7) is 10.9. The van der Waals surface area contributed by atoms with Crippen molar-refractivity contribution < 1.29 is 154 Å². The Bertz CT molecular complexity index is 4940. The molecule has 2 N–H and O–H groups in total. The fourth-order valence-corrected chi connectivity index (χ4v) is 10.3. The molecule has 0 saturated heterocycles. The summed E-state index contributed by atoms with van der Waals surface area (Å²) >= 11 is 0. The van der Waals surface area contributed by atoms with E-state index in [1.54, 1.807) is 74.2 Å². The van der Waals surface area contributed by atoms with Crippen LogP contribution in [0.2, 0.25) is 0 Å². The third-order valence-electron chi connectivity index (χ3n) is 14.9. The summed E-state index contributed by atoms with van der Waals surface area (Å²) in [6, 6.07) is 103. The number of allylic oxidation sites excluding steroid dienone is 2. The van der Waals surface area contributed by atoms with Crippen LogP contribution in [0.1, 0.15) is 52.3 Å². The molecular weight excluding hydrogens is 2490 g/mol. The van der Waals surface area contributed by atoms with E-state index in [1.165, 1.54) is 65.7 Å². The summed E-state index contributed by atoms with van der Waals surface area (Å²) in [5.74, 6) is 0.833. The van der Waals surface area contributed by atoms with Gasteiger partial charge in [-0.2, -0.15) is 13.2 Å². The van der Waals surface area contributed by atoms with Gasteiger partial charge in [0.2, 0.25) is 0 Å². The number of pyridine rings is 5. The number of nitrogens with zero attached hydrogens (tertiary/aromatic N) is 9. The second kappa shape index (κ2) is 53.3. The second-order valence-electron chi connectivity index (χ2n) is 23.4. The largest absolute Gasteiger partial charge is 0.512 e. The Morgan fingerprint density at radius 1 is 0.389 bits per heavy atom. The van der Waals surface area contributed by atoms with Gasteiger partial charge in [0.25, 0.3) is 0 Å².